The second-order valence-corrected chi connectivity index (χ2v) is 4.76. The first kappa shape index (κ1) is 21.0. The molecule has 1 saturated carbocycles. The van der Waals surface area contributed by atoms with Crippen molar-refractivity contribution < 1.29 is 65.9 Å². The normalized spacial score (nSPS) is 41.2. The van der Waals surface area contributed by atoms with E-state index >= 15 is 0 Å². The van der Waals surface area contributed by atoms with E-state index in [2.05, 4.69) is 0 Å². The molecule has 1 rings (SSSR count). The van der Waals surface area contributed by atoms with Crippen LogP contribution in [-0.4, -0.2) is 54.1 Å². The van der Waals surface area contributed by atoms with E-state index < -0.39 is 54.1 Å². The molecule has 0 aromatic heterocycles. The Labute approximate surface area is 121 Å². The summed E-state index contributed by atoms with van der Waals surface area (Å²) in [6.45, 7) is 0. The predicted molar refractivity (Wildman–Crippen MR) is 44.4 cm³/mol. The second kappa shape index (κ2) is 4.99. The summed E-state index contributed by atoms with van der Waals surface area (Å²) in [6, 6.07) is 0. The third-order valence-electron chi connectivity index (χ3n) is 3.64. The average molecular weight is 396 g/mol. The topological polar surface area (TPSA) is 0 Å². The van der Waals surface area contributed by atoms with Gasteiger partial charge >= 0.3 is 34.8 Å². The summed E-state index contributed by atoms with van der Waals surface area (Å²) in [5, 5.41) is 0. The van der Waals surface area contributed by atoms with Gasteiger partial charge in [0.1, 0.15) is 0 Å². The molecule has 0 aromatic rings. The first-order valence-corrected chi connectivity index (χ1v) is 5.38. The Balaban J connectivity index is 4.09. The van der Waals surface area contributed by atoms with Crippen LogP contribution in [0.4, 0.5) is 65.9 Å². The van der Waals surface area contributed by atoms with E-state index in [1.165, 1.54) is 0 Å². The van der Waals surface area contributed by atoms with Gasteiger partial charge in [0.25, 0.3) is 19.3 Å². The van der Waals surface area contributed by atoms with Crippen molar-refractivity contribution in [2.45, 2.75) is 54.1 Å². The van der Waals surface area contributed by atoms with Gasteiger partial charge in [0.15, 0.2) is 0 Å². The minimum absolute atomic E-state index is 6.00. The smallest absolute Gasteiger partial charge is 0.224 e. The second-order valence-electron chi connectivity index (χ2n) is 4.76. The molecule has 0 amide bonds. The van der Waals surface area contributed by atoms with E-state index in [-0.39, 0.29) is 0 Å². The molecule has 0 N–H and O–H groups in total. The zero-order valence-electron chi connectivity index (χ0n) is 10.4. The number of alkyl halides is 15. The molecule has 144 valence electrons. The van der Waals surface area contributed by atoms with Crippen LogP contribution >= 0.6 is 0 Å². The van der Waals surface area contributed by atoms with Gasteiger partial charge in [-0.15, -0.1) is 0 Å². The quantitative estimate of drug-likeness (QED) is 0.600. The zero-order valence-corrected chi connectivity index (χ0v) is 10.4. The van der Waals surface area contributed by atoms with Crippen LogP contribution in [-0.2, 0) is 0 Å². The minimum Gasteiger partial charge on any atom is -0.224 e. The van der Waals surface area contributed by atoms with Crippen LogP contribution in [0.2, 0.25) is 0 Å². The van der Waals surface area contributed by atoms with Gasteiger partial charge in [-0.3, -0.25) is 0 Å². The van der Waals surface area contributed by atoms with Crippen molar-refractivity contribution in [3.8, 4) is 0 Å². The van der Waals surface area contributed by atoms with E-state index in [0.29, 0.717) is 0 Å². The predicted octanol–water partition coefficient (Wildman–Crippen LogP) is 4.83. The lowest BCUT2D eigenvalue weighted by Gasteiger charge is -2.56. The molecule has 1 aliphatic rings. The Hall–Kier alpha value is -1.05. The van der Waals surface area contributed by atoms with Gasteiger partial charge in [0.2, 0.25) is 0 Å². The van der Waals surface area contributed by atoms with Crippen LogP contribution in [0.1, 0.15) is 0 Å². The Bertz CT molecular complexity index is 404. The Morgan fingerprint density at radius 3 is 0.542 bits per heavy atom. The van der Waals surface area contributed by atoms with Crippen molar-refractivity contribution in [2.24, 2.45) is 0 Å². The van der Waals surface area contributed by atoms with Gasteiger partial charge in [-0.05, 0) is 0 Å². The maximum atomic E-state index is 13.6. The highest BCUT2D eigenvalue weighted by atomic mass is 19.3. The van der Waals surface area contributed by atoms with Crippen molar-refractivity contribution in [1.29, 1.82) is 0 Å². The lowest BCUT2D eigenvalue weighted by Crippen LogP contribution is -2.90. The maximum Gasteiger partial charge on any atom is 0.338 e. The van der Waals surface area contributed by atoms with E-state index in [4.69, 9.17) is 0 Å². The highest BCUT2D eigenvalue weighted by Gasteiger charge is 3.03. The SMILES string of the molecule is FC(F)C1(F)C(F)(F)C(F)(C(F)F)C(F)(F)C(F)(C(F)F)C1(F)F. The van der Waals surface area contributed by atoms with E-state index in [1.54, 1.807) is 0 Å². The molecular formula is C9H3F15. The van der Waals surface area contributed by atoms with Crippen LogP contribution in [0, 0.1) is 0 Å². The van der Waals surface area contributed by atoms with Crippen molar-refractivity contribution in [1.82, 2.24) is 0 Å². The van der Waals surface area contributed by atoms with Crippen LogP contribution in [0.15, 0.2) is 0 Å². The Kier molecular flexibility index (Phi) is 4.36. The number of rotatable bonds is 3. The molecule has 15 heteroatoms. The minimum atomic E-state index is -7.67. The largest absolute Gasteiger partial charge is 0.338 e. The molecule has 0 spiro atoms. The molecule has 0 heterocycles. The summed E-state index contributed by atoms with van der Waals surface area (Å²) in [4.78, 5) is 0. The summed E-state index contributed by atoms with van der Waals surface area (Å²) < 4.78 is 195. The van der Waals surface area contributed by atoms with Crippen LogP contribution in [0.3, 0.4) is 0 Å². The maximum absolute atomic E-state index is 13.6. The molecular weight excluding hydrogens is 393 g/mol. The van der Waals surface area contributed by atoms with Crippen molar-refractivity contribution in [3.63, 3.8) is 0 Å². The summed E-state index contributed by atoms with van der Waals surface area (Å²) in [6.07, 6.45) is -18.0. The molecule has 0 saturated heterocycles. The average Bonchev–Trinajstić information content (AvgIpc) is 2.41. The van der Waals surface area contributed by atoms with Crippen LogP contribution in [0.5, 0.6) is 0 Å². The molecule has 1 aliphatic carbocycles. The van der Waals surface area contributed by atoms with Gasteiger partial charge in [0, 0.05) is 0 Å². The van der Waals surface area contributed by atoms with Crippen LogP contribution < -0.4 is 0 Å². The third kappa shape index (κ3) is 1.66. The first-order chi connectivity index (χ1) is 10.3. The fourth-order valence-electron chi connectivity index (χ4n) is 2.21. The first-order valence-electron chi connectivity index (χ1n) is 5.38. The summed E-state index contributed by atoms with van der Waals surface area (Å²) in [7, 11) is 0. The molecule has 0 unspecified atom stereocenters. The molecule has 0 radical (unpaired) electrons. The molecule has 0 aromatic carbocycles. The number of hydrogen-bond acceptors (Lipinski definition) is 0. The molecule has 0 nitrogen and oxygen atoms in total. The highest BCUT2D eigenvalue weighted by molar-refractivity contribution is 5.34. The fourth-order valence-corrected chi connectivity index (χ4v) is 2.21. The summed E-state index contributed by atoms with van der Waals surface area (Å²) in [5.41, 5.74) is -22.3. The third-order valence-corrected chi connectivity index (χ3v) is 3.64. The van der Waals surface area contributed by atoms with E-state index in [1.807, 2.05) is 0 Å². The molecule has 24 heavy (non-hydrogen) atoms. The van der Waals surface area contributed by atoms with E-state index in [9.17, 15) is 65.9 Å². The van der Waals surface area contributed by atoms with Crippen LogP contribution in [0.25, 0.3) is 0 Å². The monoisotopic (exact) mass is 396 g/mol. The standard InChI is InChI=1S/C9H3F15/c10-1(11)4(16)7(19,20)5(17,2(12)13)9(23,24)6(18,3(14)15)8(4,21)22/h1-3H. The molecule has 0 atom stereocenters. The number of hydrogen-bond donors (Lipinski definition) is 0. The van der Waals surface area contributed by atoms with Gasteiger partial charge in [-0.2, -0.15) is 26.3 Å². The molecule has 0 aliphatic heterocycles. The van der Waals surface area contributed by atoms with Gasteiger partial charge in [-0.1, -0.05) is 0 Å². The van der Waals surface area contributed by atoms with Gasteiger partial charge in [-0.25, -0.2) is 39.5 Å². The Morgan fingerprint density at radius 2 is 0.458 bits per heavy atom. The van der Waals surface area contributed by atoms with Gasteiger partial charge in [0.05, 0.1) is 0 Å². The van der Waals surface area contributed by atoms with Crippen molar-refractivity contribution in [2.75, 3.05) is 0 Å². The lowest BCUT2D eigenvalue weighted by molar-refractivity contribution is -0.473. The number of halogens is 15. The lowest BCUT2D eigenvalue weighted by atomic mass is 9.62. The summed E-state index contributed by atoms with van der Waals surface area (Å²) in [5.74, 6) is -23.0. The molecule has 1 fully saturated rings. The van der Waals surface area contributed by atoms with Crippen molar-refractivity contribution >= 4 is 0 Å². The van der Waals surface area contributed by atoms with Crippen molar-refractivity contribution in [3.05, 3.63) is 0 Å². The van der Waals surface area contributed by atoms with Gasteiger partial charge < -0.3 is 0 Å². The fraction of sp³-hybridized carbons (Fsp3) is 1.00. The summed E-state index contributed by atoms with van der Waals surface area (Å²) >= 11 is 0. The highest BCUT2D eigenvalue weighted by Crippen LogP contribution is 2.71. The van der Waals surface area contributed by atoms with E-state index in [0.717, 1.165) is 0 Å². The molecule has 0 bridgehead atoms. The zero-order chi connectivity index (χ0) is 19.7. The Morgan fingerprint density at radius 1 is 0.333 bits per heavy atom.